The smallest absolute Gasteiger partial charge is 0.254 e. The van der Waals surface area contributed by atoms with Crippen LogP contribution in [0.3, 0.4) is 0 Å². The van der Waals surface area contributed by atoms with Gasteiger partial charge in [-0.3, -0.25) is 4.79 Å². The molecule has 150 valence electrons. The fraction of sp³-hybridized carbons (Fsp3) is 0.409. The van der Waals surface area contributed by atoms with Crippen LogP contribution in [0.25, 0.3) is 0 Å². The van der Waals surface area contributed by atoms with Gasteiger partial charge in [-0.2, -0.15) is 0 Å². The Morgan fingerprint density at radius 1 is 0.964 bits per heavy atom. The van der Waals surface area contributed by atoms with Gasteiger partial charge in [-0.1, -0.05) is 12.1 Å². The van der Waals surface area contributed by atoms with Crippen LogP contribution in [0.5, 0.6) is 11.5 Å². The second kappa shape index (κ2) is 8.97. The molecule has 3 rings (SSSR count). The lowest BCUT2D eigenvalue weighted by Gasteiger charge is -2.36. The molecular formula is C22H29N3O3. The summed E-state index contributed by atoms with van der Waals surface area (Å²) >= 11 is 0. The van der Waals surface area contributed by atoms with Gasteiger partial charge in [-0.25, -0.2) is 0 Å². The van der Waals surface area contributed by atoms with Crippen molar-refractivity contribution in [1.82, 2.24) is 9.80 Å². The minimum Gasteiger partial charge on any atom is -0.497 e. The highest BCUT2D eigenvalue weighted by Crippen LogP contribution is 2.24. The highest BCUT2D eigenvalue weighted by Gasteiger charge is 2.23. The number of anilines is 1. The first-order valence-corrected chi connectivity index (χ1v) is 9.51. The van der Waals surface area contributed by atoms with E-state index >= 15 is 0 Å². The lowest BCUT2D eigenvalue weighted by atomic mass is 10.1. The molecule has 0 spiro atoms. The van der Waals surface area contributed by atoms with Crippen molar-refractivity contribution in [1.29, 1.82) is 0 Å². The van der Waals surface area contributed by atoms with Gasteiger partial charge in [-0.15, -0.1) is 0 Å². The average Bonchev–Trinajstić information content (AvgIpc) is 2.72. The predicted octanol–water partition coefficient (Wildman–Crippen LogP) is 2.73. The van der Waals surface area contributed by atoms with Crippen molar-refractivity contribution in [2.45, 2.75) is 6.54 Å². The Morgan fingerprint density at radius 2 is 1.61 bits per heavy atom. The van der Waals surface area contributed by atoms with E-state index in [-0.39, 0.29) is 5.91 Å². The molecule has 1 fully saturated rings. The normalized spacial score (nSPS) is 14.3. The minimum atomic E-state index is 0.0122. The Balaban J connectivity index is 1.66. The minimum absolute atomic E-state index is 0.0122. The van der Waals surface area contributed by atoms with Crippen LogP contribution in [0.15, 0.2) is 42.5 Å². The number of amides is 1. The van der Waals surface area contributed by atoms with E-state index in [9.17, 15) is 4.79 Å². The fourth-order valence-electron chi connectivity index (χ4n) is 3.50. The predicted molar refractivity (Wildman–Crippen MR) is 111 cm³/mol. The molecule has 0 N–H and O–H groups in total. The number of hydrogen-bond donors (Lipinski definition) is 0. The number of methoxy groups -OCH3 is 2. The first kappa shape index (κ1) is 20.0. The number of hydrogen-bond acceptors (Lipinski definition) is 5. The van der Waals surface area contributed by atoms with Gasteiger partial charge < -0.3 is 24.2 Å². The van der Waals surface area contributed by atoms with Crippen LogP contribution < -0.4 is 14.4 Å². The van der Waals surface area contributed by atoms with Crippen LogP contribution in [0.1, 0.15) is 15.9 Å². The number of nitrogens with zero attached hydrogens (tertiary/aromatic N) is 3. The van der Waals surface area contributed by atoms with E-state index in [1.54, 1.807) is 32.4 Å². The SMILES string of the molecule is COc1cc(OC)cc(C(=O)N2CCN(c3cccc(CN(C)C)c3)CC2)c1. The van der Waals surface area contributed by atoms with Gasteiger partial charge in [0.1, 0.15) is 11.5 Å². The van der Waals surface area contributed by atoms with Crippen LogP contribution in [-0.4, -0.2) is 70.2 Å². The highest BCUT2D eigenvalue weighted by atomic mass is 16.5. The lowest BCUT2D eigenvalue weighted by Crippen LogP contribution is -2.48. The van der Waals surface area contributed by atoms with Gasteiger partial charge in [0.25, 0.3) is 5.91 Å². The Kier molecular flexibility index (Phi) is 6.41. The quantitative estimate of drug-likeness (QED) is 0.768. The van der Waals surface area contributed by atoms with Crippen molar-refractivity contribution in [2.75, 3.05) is 59.4 Å². The molecule has 2 aromatic rings. The zero-order chi connectivity index (χ0) is 20.1. The van der Waals surface area contributed by atoms with Gasteiger partial charge in [0.05, 0.1) is 14.2 Å². The summed E-state index contributed by atoms with van der Waals surface area (Å²) in [6.45, 7) is 3.94. The second-order valence-electron chi connectivity index (χ2n) is 7.29. The molecule has 6 heteroatoms. The molecule has 1 saturated heterocycles. The zero-order valence-electron chi connectivity index (χ0n) is 17.1. The first-order valence-electron chi connectivity index (χ1n) is 9.51. The molecule has 0 radical (unpaired) electrons. The monoisotopic (exact) mass is 383 g/mol. The number of carbonyl (C=O) groups is 1. The summed E-state index contributed by atoms with van der Waals surface area (Å²) in [5.74, 6) is 1.26. The van der Waals surface area contributed by atoms with Gasteiger partial charge in [0, 0.05) is 50.0 Å². The molecule has 28 heavy (non-hydrogen) atoms. The van der Waals surface area contributed by atoms with Gasteiger partial charge in [0.2, 0.25) is 0 Å². The van der Waals surface area contributed by atoms with Crippen molar-refractivity contribution in [3.8, 4) is 11.5 Å². The molecule has 1 heterocycles. The molecule has 1 aliphatic heterocycles. The van der Waals surface area contributed by atoms with Crippen molar-refractivity contribution >= 4 is 11.6 Å². The maximum Gasteiger partial charge on any atom is 0.254 e. The van der Waals surface area contributed by atoms with E-state index in [1.165, 1.54) is 11.3 Å². The standard InChI is InChI=1S/C22H29N3O3/c1-23(2)16-17-6-5-7-19(12-17)24-8-10-25(11-9-24)22(26)18-13-20(27-3)15-21(14-18)28-4/h5-7,12-15H,8-11,16H2,1-4H3. The number of carbonyl (C=O) groups excluding carboxylic acids is 1. The molecule has 6 nitrogen and oxygen atoms in total. The molecule has 1 amide bonds. The maximum absolute atomic E-state index is 12.9. The second-order valence-corrected chi connectivity index (χ2v) is 7.29. The molecule has 0 aromatic heterocycles. The maximum atomic E-state index is 12.9. The molecule has 0 unspecified atom stereocenters. The Hall–Kier alpha value is -2.73. The number of benzene rings is 2. The molecule has 2 aromatic carbocycles. The van der Waals surface area contributed by atoms with Crippen LogP contribution >= 0.6 is 0 Å². The molecule has 0 saturated carbocycles. The van der Waals surface area contributed by atoms with Gasteiger partial charge >= 0.3 is 0 Å². The van der Waals surface area contributed by atoms with Crippen molar-refractivity contribution in [3.05, 3.63) is 53.6 Å². The summed E-state index contributed by atoms with van der Waals surface area (Å²) in [6.07, 6.45) is 0. The van der Waals surface area contributed by atoms with Crippen LogP contribution in [0, 0.1) is 0 Å². The summed E-state index contributed by atoms with van der Waals surface area (Å²) < 4.78 is 10.6. The van der Waals surface area contributed by atoms with Gasteiger partial charge in [0.15, 0.2) is 0 Å². The summed E-state index contributed by atoms with van der Waals surface area (Å²) in [7, 11) is 7.33. The third kappa shape index (κ3) is 4.75. The molecule has 0 aliphatic carbocycles. The van der Waals surface area contributed by atoms with Gasteiger partial charge in [-0.05, 0) is 43.9 Å². The van der Waals surface area contributed by atoms with E-state index in [2.05, 4.69) is 48.2 Å². The number of piperazine rings is 1. The average molecular weight is 383 g/mol. The molecular weight excluding hydrogens is 354 g/mol. The Morgan fingerprint density at radius 3 is 2.18 bits per heavy atom. The highest BCUT2D eigenvalue weighted by molar-refractivity contribution is 5.95. The van der Waals surface area contributed by atoms with Crippen LogP contribution in [0.2, 0.25) is 0 Å². The molecule has 0 bridgehead atoms. The third-order valence-corrected chi connectivity index (χ3v) is 4.94. The number of ether oxygens (including phenoxy) is 2. The number of rotatable bonds is 6. The van der Waals surface area contributed by atoms with Crippen LogP contribution in [-0.2, 0) is 6.54 Å². The van der Waals surface area contributed by atoms with E-state index in [0.717, 1.165) is 19.6 Å². The van der Waals surface area contributed by atoms with E-state index in [0.29, 0.717) is 30.2 Å². The first-order chi connectivity index (χ1) is 13.5. The largest absolute Gasteiger partial charge is 0.497 e. The van der Waals surface area contributed by atoms with Crippen molar-refractivity contribution < 1.29 is 14.3 Å². The molecule has 1 aliphatic rings. The summed E-state index contributed by atoms with van der Waals surface area (Å²) in [5, 5.41) is 0. The lowest BCUT2D eigenvalue weighted by molar-refractivity contribution is 0.0746. The summed E-state index contributed by atoms with van der Waals surface area (Å²) in [6, 6.07) is 13.9. The summed E-state index contributed by atoms with van der Waals surface area (Å²) in [5.41, 5.74) is 3.11. The van der Waals surface area contributed by atoms with E-state index < -0.39 is 0 Å². The Bertz CT molecular complexity index is 792. The molecule has 0 atom stereocenters. The summed E-state index contributed by atoms with van der Waals surface area (Å²) in [4.78, 5) is 19.3. The topological polar surface area (TPSA) is 45.3 Å². The van der Waals surface area contributed by atoms with E-state index in [1.807, 2.05) is 4.90 Å². The fourth-order valence-corrected chi connectivity index (χ4v) is 3.50. The van der Waals surface area contributed by atoms with Crippen molar-refractivity contribution in [2.24, 2.45) is 0 Å². The third-order valence-electron chi connectivity index (χ3n) is 4.94. The van der Waals surface area contributed by atoms with Crippen molar-refractivity contribution in [3.63, 3.8) is 0 Å². The van der Waals surface area contributed by atoms with Crippen LogP contribution in [0.4, 0.5) is 5.69 Å². The zero-order valence-corrected chi connectivity index (χ0v) is 17.1. The Labute approximate surface area is 167 Å². The van der Waals surface area contributed by atoms with E-state index in [4.69, 9.17) is 9.47 Å².